The summed E-state index contributed by atoms with van der Waals surface area (Å²) < 4.78 is 11.1. The van der Waals surface area contributed by atoms with Crippen molar-refractivity contribution >= 4 is 17.4 Å². The third-order valence-corrected chi connectivity index (χ3v) is 6.40. The van der Waals surface area contributed by atoms with Gasteiger partial charge in [-0.1, -0.05) is 25.5 Å². The number of carbonyl (C=O) groups is 2. The van der Waals surface area contributed by atoms with Gasteiger partial charge < -0.3 is 24.6 Å². The summed E-state index contributed by atoms with van der Waals surface area (Å²) >= 11 is 0. The first-order valence-electron chi connectivity index (χ1n) is 12.1. The van der Waals surface area contributed by atoms with Crippen molar-refractivity contribution in [3.05, 3.63) is 65.2 Å². The lowest BCUT2D eigenvalue weighted by Gasteiger charge is -2.31. The predicted octanol–water partition coefficient (Wildman–Crippen LogP) is 3.33. The zero-order chi connectivity index (χ0) is 24.8. The summed E-state index contributed by atoms with van der Waals surface area (Å²) in [6, 6.07) is 12.5. The molecule has 1 amide bonds. The fourth-order valence-corrected chi connectivity index (χ4v) is 4.39. The van der Waals surface area contributed by atoms with Gasteiger partial charge in [-0.3, -0.25) is 14.5 Å². The van der Waals surface area contributed by atoms with Crippen molar-refractivity contribution in [1.82, 2.24) is 9.80 Å². The molecule has 0 bridgehead atoms. The van der Waals surface area contributed by atoms with E-state index in [-0.39, 0.29) is 17.1 Å². The van der Waals surface area contributed by atoms with E-state index in [4.69, 9.17) is 9.47 Å². The van der Waals surface area contributed by atoms with Gasteiger partial charge in [-0.05, 0) is 48.4 Å². The Labute approximate surface area is 205 Å². The molecule has 2 aliphatic heterocycles. The Balaban J connectivity index is 1.65. The monoisotopic (exact) mass is 480 g/mol. The minimum Gasteiger partial charge on any atom is -0.508 e. The normalized spacial score (nSPS) is 20.4. The lowest BCUT2D eigenvalue weighted by atomic mass is 9.95. The second-order valence-corrected chi connectivity index (χ2v) is 8.76. The van der Waals surface area contributed by atoms with Crippen LogP contribution in [0.15, 0.2) is 54.1 Å². The molecule has 2 aromatic carbocycles. The molecule has 1 atom stereocenters. The molecule has 0 aromatic heterocycles. The number of aliphatic hydroxyl groups is 1. The number of likely N-dealkylation sites (tertiary alicyclic amines) is 1. The van der Waals surface area contributed by atoms with Gasteiger partial charge in [0, 0.05) is 31.7 Å². The van der Waals surface area contributed by atoms with Crippen molar-refractivity contribution in [2.75, 3.05) is 46.0 Å². The van der Waals surface area contributed by atoms with Crippen molar-refractivity contribution in [2.24, 2.45) is 0 Å². The summed E-state index contributed by atoms with van der Waals surface area (Å²) in [6.07, 6.45) is 1.98. The van der Waals surface area contributed by atoms with Crippen LogP contribution in [0, 0.1) is 0 Å². The quantitative estimate of drug-likeness (QED) is 0.246. The highest BCUT2D eigenvalue weighted by atomic mass is 16.5. The molecule has 4 rings (SSSR count). The number of hydrogen-bond donors (Lipinski definition) is 2. The van der Waals surface area contributed by atoms with Gasteiger partial charge in [0.25, 0.3) is 11.7 Å². The van der Waals surface area contributed by atoms with Gasteiger partial charge in [0.1, 0.15) is 17.3 Å². The lowest BCUT2D eigenvalue weighted by Crippen LogP contribution is -2.42. The Morgan fingerprint density at radius 3 is 2.37 bits per heavy atom. The number of nitrogens with zero attached hydrogens (tertiary/aromatic N) is 2. The molecule has 2 aliphatic rings. The average molecular weight is 481 g/mol. The number of hydrogen-bond acceptors (Lipinski definition) is 7. The first-order chi connectivity index (χ1) is 17.0. The number of carbonyl (C=O) groups excluding carboxylic acids is 2. The van der Waals surface area contributed by atoms with Crippen LogP contribution in [0.4, 0.5) is 0 Å². The summed E-state index contributed by atoms with van der Waals surface area (Å²) in [7, 11) is 0. The largest absolute Gasteiger partial charge is 0.508 e. The maximum absolute atomic E-state index is 13.2. The van der Waals surface area contributed by atoms with Crippen LogP contribution in [-0.2, 0) is 14.3 Å². The summed E-state index contributed by atoms with van der Waals surface area (Å²) in [5.74, 6) is -0.827. The predicted molar refractivity (Wildman–Crippen MR) is 131 cm³/mol. The van der Waals surface area contributed by atoms with E-state index in [1.54, 1.807) is 36.4 Å². The third kappa shape index (κ3) is 5.66. The van der Waals surface area contributed by atoms with Gasteiger partial charge in [0.05, 0.1) is 31.4 Å². The molecular formula is C27H32N2O6. The molecule has 2 fully saturated rings. The zero-order valence-electron chi connectivity index (χ0n) is 20.0. The highest BCUT2D eigenvalue weighted by Gasteiger charge is 2.46. The molecule has 0 aliphatic carbocycles. The number of aromatic hydroxyl groups is 1. The first kappa shape index (κ1) is 24.8. The molecule has 2 N–H and O–H groups in total. The summed E-state index contributed by atoms with van der Waals surface area (Å²) in [5, 5.41) is 21.0. The number of ketones is 1. The topological polar surface area (TPSA) is 99.5 Å². The van der Waals surface area contributed by atoms with E-state index in [0.29, 0.717) is 49.8 Å². The standard InChI is InChI=1S/C27H32N2O6/c1-2-3-16-35-22-10-6-20(7-11-22)25(31)23-24(19-4-8-21(30)9-5-19)29(27(33)26(23)32)13-12-28-14-17-34-18-15-28/h4-11,24,30-31H,2-3,12-18H2,1H3/t24-/m0/s1. The number of Topliss-reactive ketones (excluding diaryl/α,β-unsaturated/α-hetero) is 1. The smallest absolute Gasteiger partial charge is 0.295 e. The Morgan fingerprint density at radius 2 is 1.71 bits per heavy atom. The molecule has 186 valence electrons. The molecule has 0 spiro atoms. The summed E-state index contributed by atoms with van der Waals surface area (Å²) in [5.41, 5.74) is 1.12. The Hall–Kier alpha value is -3.36. The molecule has 0 radical (unpaired) electrons. The first-order valence-corrected chi connectivity index (χ1v) is 12.1. The van der Waals surface area contributed by atoms with Crippen LogP contribution in [0.25, 0.3) is 5.76 Å². The number of morpholine rings is 1. The van der Waals surface area contributed by atoms with Gasteiger partial charge in [-0.25, -0.2) is 0 Å². The molecule has 2 aromatic rings. The van der Waals surface area contributed by atoms with E-state index in [1.807, 2.05) is 0 Å². The second-order valence-electron chi connectivity index (χ2n) is 8.76. The van der Waals surface area contributed by atoms with E-state index < -0.39 is 17.7 Å². The number of amides is 1. The lowest BCUT2D eigenvalue weighted by molar-refractivity contribution is -0.140. The van der Waals surface area contributed by atoms with Crippen LogP contribution in [0.2, 0.25) is 0 Å². The van der Waals surface area contributed by atoms with Crippen LogP contribution in [0.3, 0.4) is 0 Å². The number of rotatable bonds is 9. The second kappa shape index (κ2) is 11.4. The molecule has 8 heteroatoms. The van der Waals surface area contributed by atoms with E-state index in [9.17, 15) is 19.8 Å². The fraction of sp³-hybridized carbons (Fsp3) is 0.407. The maximum Gasteiger partial charge on any atom is 0.295 e. The Bertz CT molecular complexity index is 1060. The van der Waals surface area contributed by atoms with Crippen molar-refractivity contribution in [1.29, 1.82) is 0 Å². The average Bonchev–Trinajstić information content (AvgIpc) is 3.13. The highest BCUT2D eigenvalue weighted by Crippen LogP contribution is 2.39. The van der Waals surface area contributed by atoms with E-state index in [1.165, 1.54) is 17.0 Å². The SMILES string of the molecule is CCCCOc1ccc(C(O)=C2C(=O)C(=O)N(CCN3CCOCC3)[C@H]2c2ccc(O)cc2)cc1. The van der Waals surface area contributed by atoms with Crippen molar-refractivity contribution in [3.63, 3.8) is 0 Å². The molecule has 0 saturated carbocycles. The van der Waals surface area contributed by atoms with Gasteiger partial charge in [0.15, 0.2) is 0 Å². The van der Waals surface area contributed by atoms with Crippen molar-refractivity contribution in [3.8, 4) is 11.5 Å². The van der Waals surface area contributed by atoms with Gasteiger partial charge in [-0.2, -0.15) is 0 Å². The number of benzene rings is 2. The Morgan fingerprint density at radius 1 is 1.03 bits per heavy atom. The van der Waals surface area contributed by atoms with Crippen LogP contribution < -0.4 is 4.74 Å². The molecule has 2 saturated heterocycles. The minimum atomic E-state index is -0.753. The highest BCUT2D eigenvalue weighted by molar-refractivity contribution is 6.46. The third-order valence-electron chi connectivity index (χ3n) is 6.40. The van der Waals surface area contributed by atoms with Gasteiger partial charge in [0.2, 0.25) is 0 Å². The summed E-state index contributed by atoms with van der Waals surface area (Å²) in [4.78, 5) is 30.0. The molecule has 0 unspecified atom stereocenters. The minimum absolute atomic E-state index is 0.0438. The van der Waals surface area contributed by atoms with Crippen LogP contribution in [0.1, 0.15) is 36.9 Å². The number of unbranched alkanes of at least 4 members (excludes halogenated alkanes) is 1. The van der Waals surface area contributed by atoms with E-state index in [2.05, 4.69) is 11.8 Å². The fourth-order valence-electron chi connectivity index (χ4n) is 4.39. The molecule has 2 heterocycles. The van der Waals surface area contributed by atoms with Crippen LogP contribution >= 0.6 is 0 Å². The van der Waals surface area contributed by atoms with Gasteiger partial charge >= 0.3 is 0 Å². The van der Waals surface area contributed by atoms with Crippen molar-refractivity contribution < 1.29 is 29.3 Å². The zero-order valence-corrected chi connectivity index (χ0v) is 20.0. The molecule has 35 heavy (non-hydrogen) atoms. The van der Waals surface area contributed by atoms with E-state index in [0.717, 1.165) is 25.9 Å². The van der Waals surface area contributed by atoms with E-state index >= 15 is 0 Å². The number of ether oxygens (including phenoxy) is 2. The number of phenols is 1. The summed E-state index contributed by atoms with van der Waals surface area (Å²) in [6.45, 7) is 6.42. The molecule has 8 nitrogen and oxygen atoms in total. The van der Waals surface area contributed by atoms with Crippen LogP contribution in [0.5, 0.6) is 11.5 Å². The number of aliphatic hydroxyl groups excluding tert-OH is 1. The number of phenolic OH excluding ortho intramolecular Hbond substituents is 1. The van der Waals surface area contributed by atoms with Crippen LogP contribution in [-0.4, -0.2) is 77.7 Å². The Kier molecular flexibility index (Phi) is 8.05. The maximum atomic E-state index is 13.2. The van der Waals surface area contributed by atoms with Crippen molar-refractivity contribution in [2.45, 2.75) is 25.8 Å². The van der Waals surface area contributed by atoms with Gasteiger partial charge in [-0.15, -0.1) is 0 Å². The molecular weight excluding hydrogens is 448 g/mol.